The third-order valence-corrected chi connectivity index (χ3v) is 5.86. The fourth-order valence-corrected chi connectivity index (χ4v) is 4.16. The molecule has 0 spiro atoms. The summed E-state index contributed by atoms with van der Waals surface area (Å²) in [5, 5.41) is 1.21. The summed E-state index contributed by atoms with van der Waals surface area (Å²) in [7, 11) is 0. The van der Waals surface area contributed by atoms with Gasteiger partial charge in [0.2, 0.25) is 5.91 Å². The topological polar surface area (TPSA) is 45.3 Å². The molecule has 0 aliphatic carbocycles. The Bertz CT molecular complexity index is 980. The van der Waals surface area contributed by atoms with E-state index in [9.17, 15) is 4.79 Å². The molecule has 0 saturated carbocycles. The molecule has 0 unspecified atom stereocenters. The number of nitrogens with zero attached hydrogens (tertiary/aromatic N) is 1. The van der Waals surface area contributed by atoms with Gasteiger partial charge in [0, 0.05) is 47.0 Å². The van der Waals surface area contributed by atoms with Crippen LogP contribution in [0, 0.1) is 6.92 Å². The maximum atomic E-state index is 12.7. The lowest BCUT2D eigenvalue weighted by molar-refractivity contribution is -0.132. The Balaban J connectivity index is 1.35. The number of aryl methyl sites for hydroxylation is 1. The Kier molecular flexibility index (Phi) is 5.21. The molecule has 2 aromatic carbocycles. The molecule has 1 amide bonds. The van der Waals surface area contributed by atoms with Gasteiger partial charge in [-0.1, -0.05) is 30.3 Å². The van der Waals surface area contributed by atoms with Gasteiger partial charge in [-0.2, -0.15) is 0 Å². The first-order valence-electron chi connectivity index (χ1n) is 9.37. The molecule has 0 atom stereocenters. The molecule has 27 heavy (non-hydrogen) atoms. The van der Waals surface area contributed by atoms with E-state index in [4.69, 9.17) is 4.74 Å². The second-order valence-corrected chi connectivity index (χ2v) is 7.88. The second-order valence-electron chi connectivity index (χ2n) is 7.03. The van der Waals surface area contributed by atoms with Gasteiger partial charge in [0.25, 0.3) is 0 Å². The molecule has 4 rings (SSSR count). The van der Waals surface area contributed by atoms with E-state index in [-0.39, 0.29) is 5.91 Å². The predicted molar refractivity (Wildman–Crippen MR) is 111 cm³/mol. The summed E-state index contributed by atoms with van der Waals surface area (Å²) in [6, 6.07) is 14.2. The van der Waals surface area contributed by atoms with Crippen LogP contribution in [0.15, 0.2) is 46.9 Å². The summed E-state index contributed by atoms with van der Waals surface area (Å²) in [5.41, 5.74) is 4.76. The van der Waals surface area contributed by atoms with Crippen molar-refractivity contribution in [3.05, 3.63) is 63.8 Å². The number of hydrogen-bond donors (Lipinski definition) is 1. The largest absolute Gasteiger partial charge is 0.493 e. The number of benzene rings is 2. The van der Waals surface area contributed by atoms with E-state index in [2.05, 4.69) is 27.0 Å². The Labute approximate surface area is 167 Å². The SMILES string of the molecule is Cc1ccccc1OCCCC(=O)N1CCc2[nH]c3c(Br)cccc3c2C1. The average molecular weight is 427 g/mol. The number of aromatic amines is 1. The third-order valence-electron chi connectivity index (χ3n) is 5.20. The minimum Gasteiger partial charge on any atom is -0.493 e. The molecule has 140 valence electrons. The van der Waals surface area contributed by atoms with Crippen LogP contribution in [0.3, 0.4) is 0 Å². The van der Waals surface area contributed by atoms with E-state index < -0.39 is 0 Å². The minimum absolute atomic E-state index is 0.207. The fourth-order valence-electron chi connectivity index (χ4n) is 3.70. The van der Waals surface area contributed by atoms with Crippen LogP contribution in [0.2, 0.25) is 0 Å². The van der Waals surface area contributed by atoms with Crippen LogP contribution in [-0.2, 0) is 17.8 Å². The molecule has 2 heterocycles. The number of nitrogens with one attached hydrogen (secondary N) is 1. The van der Waals surface area contributed by atoms with Crippen molar-refractivity contribution >= 4 is 32.7 Å². The van der Waals surface area contributed by atoms with Crippen molar-refractivity contribution in [2.45, 2.75) is 32.7 Å². The highest BCUT2D eigenvalue weighted by molar-refractivity contribution is 9.10. The van der Waals surface area contributed by atoms with Crippen molar-refractivity contribution < 1.29 is 9.53 Å². The summed E-state index contributed by atoms with van der Waals surface area (Å²) in [6.07, 6.45) is 2.13. The summed E-state index contributed by atoms with van der Waals surface area (Å²) < 4.78 is 6.88. The Morgan fingerprint density at radius 3 is 2.93 bits per heavy atom. The van der Waals surface area contributed by atoms with Crippen LogP contribution >= 0.6 is 15.9 Å². The molecule has 1 aliphatic heterocycles. The molecular weight excluding hydrogens is 404 g/mol. The zero-order chi connectivity index (χ0) is 18.8. The first-order valence-corrected chi connectivity index (χ1v) is 10.2. The van der Waals surface area contributed by atoms with Crippen LogP contribution in [0.1, 0.15) is 29.7 Å². The van der Waals surface area contributed by atoms with E-state index in [1.165, 1.54) is 16.6 Å². The molecule has 4 nitrogen and oxygen atoms in total. The summed E-state index contributed by atoms with van der Waals surface area (Å²) in [6.45, 7) is 4.05. The number of carbonyl (C=O) groups is 1. The standard InChI is InChI=1S/C22H23BrN2O2/c1-15-6-2-3-9-20(15)27-13-5-10-21(26)25-12-11-19-17(14-25)16-7-4-8-18(23)22(16)24-19/h2-4,6-9,24H,5,10-14H2,1H3. The second kappa shape index (κ2) is 7.77. The van der Waals surface area contributed by atoms with Crippen molar-refractivity contribution in [2.75, 3.05) is 13.2 Å². The quantitative estimate of drug-likeness (QED) is 0.584. The van der Waals surface area contributed by atoms with Gasteiger partial charge < -0.3 is 14.6 Å². The summed E-state index contributed by atoms with van der Waals surface area (Å²) in [4.78, 5) is 18.2. The maximum absolute atomic E-state index is 12.7. The van der Waals surface area contributed by atoms with Crippen LogP contribution in [0.25, 0.3) is 10.9 Å². The lowest BCUT2D eigenvalue weighted by Crippen LogP contribution is -2.35. The highest BCUT2D eigenvalue weighted by Gasteiger charge is 2.24. The smallest absolute Gasteiger partial charge is 0.223 e. The van der Waals surface area contributed by atoms with Gasteiger partial charge in [-0.15, -0.1) is 0 Å². The molecule has 0 radical (unpaired) electrons. The first kappa shape index (κ1) is 18.1. The van der Waals surface area contributed by atoms with Crippen LogP contribution in [0.5, 0.6) is 5.75 Å². The van der Waals surface area contributed by atoms with E-state index >= 15 is 0 Å². The zero-order valence-corrected chi connectivity index (χ0v) is 17.0. The highest BCUT2D eigenvalue weighted by Crippen LogP contribution is 2.32. The summed E-state index contributed by atoms with van der Waals surface area (Å²) in [5.74, 6) is 1.11. The van der Waals surface area contributed by atoms with Gasteiger partial charge in [0.1, 0.15) is 5.75 Å². The van der Waals surface area contributed by atoms with E-state index in [1.807, 2.05) is 48.2 Å². The summed E-state index contributed by atoms with van der Waals surface area (Å²) >= 11 is 3.61. The number of amides is 1. The minimum atomic E-state index is 0.207. The van der Waals surface area contributed by atoms with Crippen LogP contribution in [0.4, 0.5) is 0 Å². The zero-order valence-electron chi connectivity index (χ0n) is 15.4. The average Bonchev–Trinajstić information content (AvgIpc) is 3.06. The lowest BCUT2D eigenvalue weighted by Gasteiger charge is -2.27. The van der Waals surface area contributed by atoms with Crippen molar-refractivity contribution in [3.63, 3.8) is 0 Å². The Morgan fingerprint density at radius 1 is 1.22 bits per heavy atom. The number of para-hydroxylation sites is 2. The van der Waals surface area contributed by atoms with Crippen molar-refractivity contribution in [2.24, 2.45) is 0 Å². The van der Waals surface area contributed by atoms with E-state index in [0.29, 0.717) is 19.6 Å². The van der Waals surface area contributed by atoms with Crippen LogP contribution in [-0.4, -0.2) is 28.9 Å². The normalized spacial score (nSPS) is 13.6. The monoisotopic (exact) mass is 426 g/mol. The number of halogens is 1. The fraction of sp³-hybridized carbons (Fsp3) is 0.318. The number of carbonyl (C=O) groups excluding carboxylic acids is 1. The third kappa shape index (κ3) is 3.74. The van der Waals surface area contributed by atoms with Gasteiger partial charge in [0.15, 0.2) is 0 Å². The van der Waals surface area contributed by atoms with Crippen LogP contribution < -0.4 is 4.74 Å². The molecule has 1 aliphatic rings. The first-order chi connectivity index (χ1) is 13.1. The molecule has 1 N–H and O–H groups in total. The predicted octanol–water partition coefficient (Wildman–Crippen LogP) is 4.98. The molecular formula is C22H23BrN2O2. The van der Waals surface area contributed by atoms with Crippen molar-refractivity contribution in [1.82, 2.24) is 9.88 Å². The Morgan fingerprint density at radius 2 is 2.07 bits per heavy atom. The number of H-pyrrole nitrogens is 1. The molecule has 0 saturated heterocycles. The molecule has 0 bridgehead atoms. The maximum Gasteiger partial charge on any atom is 0.223 e. The number of hydrogen-bond acceptors (Lipinski definition) is 2. The molecule has 5 heteroatoms. The van der Waals surface area contributed by atoms with Gasteiger partial charge in [-0.25, -0.2) is 0 Å². The molecule has 0 fully saturated rings. The van der Waals surface area contributed by atoms with Gasteiger partial charge >= 0.3 is 0 Å². The number of aromatic nitrogens is 1. The van der Waals surface area contributed by atoms with Gasteiger partial charge in [-0.05, 0) is 47.0 Å². The number of fused-ring (bicyclic) bond motifs is 3. The molecule has 3 aromatic rings. The van der Waals surface area contributed by atoms with Crippen molar-refractivity contribution in [1.29, 1.82) is 0 Å². The van der Waals surface area contributed by atoms with Crippen molar-refractivity contribution in [3.8, 4) is 5.75 Å². The number of ether oxygens (including phenoxy) is 1. The lowest BCUT2D eigenvalue weighted by atomic mass is 10.0. The van der Waals surface area contributed by atoms with Gasteiger partial charge in [-0.3, -0.25) is 4.79 Å². The highest BCUT2D eigenvalue weighted by atomic mass is 79.9. The van der Waals surface area contributed by atoms with E-state index in [1.54, 1.807) is 0 Å². The van der Waals surface area contributed by atoms with Gasteiger partial charge in [0.05, 0.1) is 12.1 Å². The number of rotatable bonds is 5. The molecule has 1 aromatic heterocycles. The van der Waals surface area contributed by atoms with E-state index in [0.717, 1.165) is 40.7 Å². The Hall–Kier alpha value is -2.27.